The highest BCUT2D eigenvalue weighted by molar-refractivity contribution is 14.0. The SMILES string of the molecule is CCNC(=NCc1ccc(N2CCOCC2)c(F)c1)NCCc1ccc2c(c1)OCO2.I. The number of morpholine rings is 1. The third-order valence-corrected chi connectivity index (χ3v) is 5.27. The van der Waals surface area contributed by atoms with E-state index in [2.05, 4.69) is 15.6 Å². The molecule has 0 amide bonds. The summed E-state index contributed by atoms with van der Waals surface area (Å²) in [5, 5.41) is 6.57. The number of halogens is 2. The van der Waals surface area contributed by atoms with Gasteiger partial charge in [0.05, 0.1) is 25.4 Å². The van der Waals surface area contributed by atoms with E-state index in [1.165, 1.54) is 0 Å². The Morgan fingerprint density at radius 3 is 2.59 bits per heavy atom. The van der Waals surface area contributed by atoms with Crippen molar-refractivity contribution in [3.8, 4) is 11.5 Å². The lowest BCUT2D eigenvalue weighted by atomic mass is 10.1. The molecule has 0 aromatic heterocycles. The zero-order chi connectivity index (χ0) is 21.5. The zero-order valence-electron chi connectivity index (χ0n) is 18.2. The number of nitrogens with zero attached hydrogens (tertiary/aromatic N) is 2. The van der Waals surface area contributed by atoms with E-state index in [0.29, 0.717) is 44.5 Å². The van der Waals surface area contributed by atoms with Gasteiger partial charge in [0.15, 0.2) is 17.5 Å². The third kappa shape index (κ3) is 6.38. The average molecular weight is 556 g/mol. The molecular weight excluding hydrogens is 526 g/mol. The number of hydrogen-bond acceptors (Lipinski definition) is 5. The summed E-state index contributed by atoms with van der Waals surface area (Å²) in [6.07, 6.45) is 0.823. The molecule has 2 aromatic rings. The van der Waals surface area contributed by atoms with Gasteiger partial charge in [-0.05, 0) is 48.7 Å². The third-order valence-electron chi connectivity index (χ3n) is 5.27. The number of hydrogen-bond donors (Lipinski definition) is 2. The van der Waals surface area contributed by atoms with Gasteiger partial charge in [-0.3, -0.25) is 0 Å². The summed E-state index contributed by atoms with van der Waals surface area (Å²) in [4.78, 5) is 6.63. The van der Waals surface area contributed by atoms with Gasteiger partial charge in [-0.1, -0.05) is 12.1 Å². The molecule has 4 rings (SSSR count). The fourth-order valence-corrected chi connectivity index (χ4v) is 3.64. The fraction of sp³-hybridized carbons (Fsp3) is 0.435. The molecule has 0 aliphatic carbocycles. The van der Waals surface area contributed by atoms with Crippen LogP contribution in [0.15, 0.2) is 41.4 Å². The molecule has 1 fully saturated rings. The number of nitrogens with one attached hydrogen (secondary N) is 2. The Morgan fingerprint density at radius 1 is 1.03 bits per heavy atom. The van der Waals surface area contributed by atoms with E-state index in [4.69, 9.17) is 14.2 Å². The maximum Gasteiger partial charge on any atom is 0.231 e. The van der Waals surface area contributed by atoms with Gasteiger partial charge < -0.3 is 29.7 Å². The largest absolute Gasteiger partial charge is 0.454 e. The van der Waals surface area contributed by atoms with Crippen molar-refractivity contribution < 1.29 is 18.6 Å². The average Bonchev–Trinajstić information content (AvgIpc) is 3.26. The van der Waals surface area contributed by atoms with Crippen LogP contribution in [-0.2, 0) is 17.7 Å². The van der Waals surface area contributed by atoms with E-state index in [-0.39, 0.29) is 36.6 Å². The van der Waals surface area contributed by atoms with Gasteiger partial charge >= 0.3 is 0 Å². The Kier molecular flexibility index (Phi) is 9.22. The molecule has 2 aliphatic rings. The fourth-order valence-electron chi connectivity index (χ4n) is 3.64. The number of fused-ring (bicyclic) bond motifs is 1. The Labute approximate surface area is 205 Å². The minimum atomic E-state index is -0.213. The van der Waals surface area contributed by atoms with Crippen LogP contribution in [0.2, 0.25) is 0 Å². The lowest BCUT2D eigenvalue weighted by Crippen LogP contribution is -2.38. The number of guanidine groups is 1. The van der Waals surface area contributed by atoms with Gasteiger partial charge in [0.1, 0.15) is 5.82 Å². The Bertz CT molecular complexity index is 922. The molecule has 1 saturated heterocycles. The first kappa shape index (κ1) is 24.4. The van der Waals surface area contributed by atoms with Gasteiger partial charge in [0.2, 0.25) is 6.79 Å². The van der Waals surface area contributed by atoms with Crippen molar-refractivity contribution in [2.75, 3.05) is 51.1 Å². The van der Waals surface area contributed by atoms with E-state index >= 15 is 0 Å². The van der Waals surface area contributed by atoms with Crippen molar-refractivity contribution in [1.82, 2.24) is 10.6 Å². The minimum Gasteiger partial charge on any atom is -0.454 e. The van der Waals surface area contributed by atoms with Crippen molar-refractivity contribution in [2.24, 2.45) is 4.99 Å². The summed E-state index contributed by atoms with van der Waals surface area (Å²) >= 11 is 0. The predicted octanol–water partition coefficient (Wildman–Crippen LogP) is 3.31. The highest BCUT2D eigenvalue weighted by Crippen LogP contribution is 2.32. The second-order valence-electron chi connectivity index (χ2n) is 7.44. The van der Waals surface area contributed by atoms with Crippen LogP contribution >= 0.6 is 24.0 Å². The van der Waals surface area contributed by atoms with Gasteiger partial charge in [0.25, 0.3) is 0 Å². The van der Waals surface area contributed by atoms with Crippen LogP contribution in [-0.4, -0.2) is 52.1 Å². The zero-order valence-corrected chi connectivity index (χ0v) is 20.6. The lowest BCUT2D eigenvalue weighted by Gasteiger charge is -2.29. The summed E-state index contributed by atoms with van der Waals surface area (Å²) in [5.41, 5.74) is 2.63. The molecule has 2 N–H and O–H groups in total. The molecule has 0 radical (unpaired) electrons. The molecule has 9 heteroatoms. The summed E-state index contributed by atoms with van der Waals surface area (Å²) in [7, 11) is 0. The molecular formula is C23H30FIN4O3. The number of rotatable bonds is 7. The van der Waals surface area contributed by atoms with Crippen molar-refractivity contribution in [3.63, 3.8) is 0 Å². The molecule has 0 unspecified atom stereocenters. The van der Waals surface area contributed by atoms with E-state index in [1.807, 2.05) is 42.2 Å². The first-order chi connectivity index (χ1) is 15.2. The summed E-state index contributed by atoms with van der Waals surface area (Å²) in [5.74, 6) is 2.08. The molecule has 7 nitrogen and oxygen atoms in total. The van der Waals surface area contributed by atoms with Crippen molar-refractivity contribution in [1.29, 1.82) is 0 Å². The van der Waals surface area contributed by atoms with Crippen LogP contribution in [0.25, 0.3) is 0 Å². The summed E-state index contributed by atoms with van der Waals surface area (Å²) in [6.45, 7) is 6.87. The quantitative estimate of drug-likeness (QED) is 0.310. The Hall–Kier alpha value is -2.27. The molecule has 32 heavy (non-hydrogen) atoms. The normalized spacial score (nSPS) is 15.3. The van der Waals surface area contributed by atoms with E-state index in [1.54, 1.807) is 6.07 Å². The van der Waals surface area contributed by atoms with Crippen LogP contribution in [0.1, 0.15) is 18.1 Å². The second-order valence-corrected chi connectivity index (χ2v) is 7.44. The maximum atomic E-state index is 14.6. The highest BCUT2D eigenvalue weighted by atomic mass is 127. The van der Waals surface area contributed by atoms with Gasteiger partial charge in [0, 0.05) is 26.2 Å². The first-order valence-electron chi connectivity index (χ1n) is 10.7. The van der Waals surface area contributed by atoms with Crippen molar-refractivity contribution in [3.05, 3.63) is 53.3 Å². The number of anilines is 1. The van der Waals surface area contributed by atoms with Crippen LogP contribution in [0.3, 0.4) is 0 Å². The second kappa shape index (κ2) is 12.1. The van der Waals surface area contributed by atoms with Crippen LogP contribution in [0.5, 0.6) is 11.5 Å². The summed E-state index contributed by atoms with van der Waals surface area (Å²) < 4.78 is 30.7. The topological polar surface area (TPSA) is 67.4 Å². The first-order valence-corrected chi connectivity index (χ1v) is 10.7. The van der Waals surface area contributed by atoms with Crippen LogP contribution in [0, 0.1) is 5.82 Å². The number of ether oxygens (including phenoxy) is 3. The molecule has 0 atom stereocenters. The molecule has 0 spiro atoms. The van der Waals surface area contributed by atoms with Crippen LogP contribution < -0.4 is 25.0 Å². The smallest absolute Gasteiger partial charge is 0.231 e. The Morgan fingerprint density at radius 2 is 1.81 bits per heavy atom. The van der Waals surface area contributed by atoms with Gasteiger partial charge in [-0.2, -0.15) is 0 Å². The predicted molar refractivity (Wildman–Crippen MR) is 134 cm³/mol. The minimum absolute atomic E-state index is 0. The molecule has 2 heterocycles. The summed E-state index contributed by atoms with van der Waals surface area (Å²) in [6, 6.07) is 11.3. The molecule has 2 aliphatic heterocycles. The van der Waals surface area contributed by atoms with Crippen molar-refractivity contribution in [2.45, 2.75) is 19.9 Å². The number of aliphatic imine (C=N–C) groups is 1. The van der Waals surface area contributed by atoms with E-state index < -0.39 is 0 Å². The molecule has 2 aromatic carbocycles. The highest BCUT2D eigenvalue weighted by Gasteiger charge is 2.15. The number of benzene rings is 2. The maximum absolute atomic E-state index is 14.6. The van der Waals surface area contributed by atoms with E-state index in [9.17, 15) is 4.39 Å². The molecule has 174 valence electrons. The monoisotopic (exact) mass is 556 g/mol. The van der Waals surface area contributed by atoms with Crippen molar-refractivity contribution >= 4 is 35.6 Å². The molecule has 0 saturated carbocycles. The Balaban J connectivity index is 0.00000289. The van der Waals surface area contributed by atoms with Crippen LogP contribution in [0.4, 0.5) is 10.1 Å². The van der Waals surface area contributed by atoms with E-state index in [0.717, 1.165) is 42.1 Å². The lowest BCUT2D eigenvalue weighted by molar-refractivity contribution is 0.122. The standard InChI is InChI=1S/C23H29FN4O3.HI/c1-2-25-23(26-8-7-17-4-6-21-22(14-17)31-16-30-21)27-15-18-3-5-20(19(24)13-18)28-9-11-29-12-10-28;/h3-6,13-14H,2,7-12,15-16H2,1H3,(H2,25,26,27);1H. The van der Waals surface area contributed by atoms with Gasteiger partial charge in [-0.25, -0.2) is 9.38 Å². The van der Waals surface area contributed by atoms with Gasteiger partial charge in [-0.15, -0.1) is 24.0 Å². The molecule has 0 bridgehead atoms.